The number of nitrogens with zero attached hydrogens (tertiary/aromatic N) is 5. The zero-order valence-corrected chi connectivity index (χ0v) is 11.4. The minimum atomic E-state index is -0.480. The molecule has 0 aliphatic heterocycles. The maximum absolute atomic E-state index is 10.6. The fraction of sp³-hybridized carbons (Fsp3) is 0.300. The number of nitro groups is 1. The largest absolute Gasteiger partial charge is 0.369 e. The van der Waals surface area contributed by atoms with Crippen molar-refractivity contribution >= 4 is 27.4 Å². The Labute approximate surface area is 117 Å². The predicted molar refractivity (Wildman–Crippen MR) is 71.7 cm³/mol. The molecule has 0 spiro atoms. The molecule has 0 aliphatic carbocycles. The Bertz CT molecular complexity index is 559. The van der Waals surface area contributed by atoms with Crippen molar-refractivity contribution in [2.24, 2.45) is 0 Å². The second-order valence-corrected chi connectivity index (χ2v) is 4.58. The molecule has 0 atom stereocenters. The zero-order valence-electron chi connectivity index (χ0n) is 9.86. The summed E-state index contributed by atoms with van der Waals surface area (Å²) in [5, 5.41) is 21.2. The van der Waals surface area contributed by atoms with Gasteiger partial charge in [0.15, 0.2) is 0 Å². The summed E-state index contributed by atoms with van der Waals surface area (Å²) in [6, 6.07) is 1.42. The third-order valence-corrected chi connectivity index (χ3v) is 2.97. The van der Waals surface area contributed by atoms with E-state index in [0.717, 1.165) is 13.0 Å². The smallest absolute Gasteiger partial charge is 0.288 e. The molecule has 0 aliphatic rings. The summed E-state index contributed by atoms with van der Waals surface area (Å²) in [6.45, 7) is 1.43. The molecule has 2 aromatic rings. The minimum absolute atomic E-state index is 0.0416. The molecular formula is C10H11BrN6O2. The lowest BCUT2D eigenvalue weighted by Crippen LogP contribution is -2.08. The Morgan fingerprint density at radius 1 is 1.53 bits per heavy atom. The minimum Gasteiger partial charge on any atom is -0.369 e. The maximum atomic E-state index is 10.6. The molecule has 0 aromatic carbocycles. The predicted octanol–water partition coefficient (Wildman–Crippen LogP) is 1.85. The quantitative estimate of drug-likeness (QED) is 0.494. The number of halogens is 1. The number of pyridine rings is 1. The Kier molecular flexibility index (Phi) is 4.39. The van der Waals surface area contributed by atoms with Crippen LogP contribution in [0.4, 0.5) is 11.5 Å². The summed E-state index contributed by atoms with van der Waals surface area (Å²) in [4.78, 5) is 14.1. The molecule has 0 bridgehead atoms. The molecule has 19 heavy (non-hydrogen) atoms. The lowest BCUT2D eigenvalue weighted by molar-refractivity contribution is -0.385. The van der Waals surface area contributed by atoms with Crippen molar-refractivity contribution in [2.45, 2.75) is 13.0 Å². The SMILES string of the molecule is O=[N+]([O-])c1cnc(NCCCn2ccnn2)c(Br)c1. The van der Waals surface area contributed by atoms with Crippen molar-refractivity contribution in [1.29, 1.82) is 0 Å². The second kappa shape index (κ2) is 6.23. The van der Waals surface area contributed by atoms with Gasteiger partial charge in [-0.2, -0.15) is 0 Å². The molecule has 2 heterocycles. The molecule has 0 amide bonds. The first kappa shape index (κ1) is 13.4. The number of aryl methyl sites for hydroxylation is 1. The van der Waals surface area contributed by atoms with Gasteiger partial charge in [0.2, 0.25) is 0 Å². The van der Waals surface area contributed by atoms with Crippen LogP contribution in [0.5, 0.6) is 0 Å². The van der Waals surface area contributed by atoms with Crippen LogP contribution in [-0.4, -0.2) is 31.4 Å². The van der Waals surface area contributed by atoms with Crippen molar-refractivity contribution in [2.75, 3.05) is 11.9 Å². The first-order valence-electron chi connectivity index (χ1n) is 5.55. The fourth-order valence-corrected chi connectivity index (χ4v) is 1.93. The number of aromatic nitrogens is 4. The van der Waals surface area contributed by atoms with E-state index in [9.17, 15) is 10.1 Å². The number of hydrogen-bond acceptors (Lipinski definition) is 6. The molecule has 2 rings (SSSR count). The van der Waals surface area contributed by atoms with Crippen molar-refractivity contribution in [3.8, 4) is 0 Å². The van der Waals surface area contributed by atoms with Gasteiger partial charge in [0.25, 0.3) is 5.69 Å². The highest BCUT2D eigenvalue weighted by molar-refractivity contribution is 9.10. The van der Waals surface area contributed by atoms with Crippen LogP contribution in [0.25, 0.3) is 0 Å². The monoisotopic (exact) mass is 326 g/mol. The van der Waals surface area contributed by atoms with E-state index in [1.54, 1.807) is 17.1 Å². The molecule has 0 radical (unpaired) electrons. The summed E-state index contributed by atoms with van der Waals surface area (Å²) in [7, 11) is 0. The molecule has 0 fully saturated rings. The lowest BCUT2D eigenvalue weighted by Gasteiger charge is -2.07. The Morgan fingerprint density at radius 3 is 3.00 bits per heavy atom. The van der Waals surface area contributed by atoms with Gasteiger partial charge < -0.3 is 5.32 Å². The molecule has 0 saturated heterocycles. The van der Waals surface area contributed by atoms with E-state index in [2.05, 4.69) is 36.5 Å². The van der Waals surface area contributed by atoms with E-state index >= 15 is 0 Å². The normalized spacial score (nSPS) is 10.4. The Balaban J connectivity index is 1.84. The lowest BCUT2D eigenvalue weighted by atomic mass is 10.4. The summed E-state index contributed by atoms with van der Waals surface area (Å²) in [5.41, 5.74) is -0.0416. The van der Waals surface area contributed by atoms with Crippen LogP contribution in [0.3, 0.4) is 0 Å². The van der Waals surface area contributed by atoms with Gasteiger partial charge in [0.05, 0.1) is 15.6 Å². The molecule has 2 aromatic heterocycles. The van der Waals surface area contributed by atoms with Gasteiger partial charge in [-0.05, 0) is 22.4 Å². The van der Waals surface area contributed by atoms with Crippen LogP contribution in [0.15, 0.2) is 29.1 Å². The maximum Gasteiger partial charge on any atom is 0.288 e. The average molecular weight is 327 g/mol. The number of hydrogen-bond donors (Lipinski definition) is 1. The van der Waals surface area contributed by atoms with E-state index in [1.165, 1.54) is 12.3 Å². The highest BCUT2D eigenvalue weighted by Crippen LogP contribution is 2.24. The van der Waals surface area contributed by atoms with Crippen molar-refractivity contribution in [3.05, 3.63) is 39.2 Å². The van der Waals surface area contributed by atoms with Crippen molar-refractivity contribution < 1.29 is 4.92 Å². The Hall–Kier alpha value is -2.03. The summed E-state index contributed by atoms with van der Waals surface area (Å²) in [6.07, 6.45) is 5.49. The van der Waals surface area contributed by atoms with E-state index in [-0.39, 0.29) is 5.69 Å². The Morgan fingerprint density at radius 2 is 2.37 bits per heavy atom. The van der Waals surface area contributed by atoms with Gasteiger partial charge in [0, 0.05) is 25.4 Å². The molecule has 0 saturated carbocycles. The van der Waals surface area contributed by atoms with Crippen LogP contribution in [0.2, 0.25) is 0 Å². The van der Waals surface area contributed by atoms with Crippen LogP contribution in [-0.2, 0) is 6.54 Å². The van der Waals surface area contributed by atoms with Crippen molar-refractivity contribution in [1.82, 2.24) is 20.0 Å². The van der Waals surface area contributed by atoms with Crippen LogP contribution in [0, 0.1) is 10.1 Å². The van der Waals surface area contributed by atoms with Gasteiger partial charge in [-0.25, -0.2) is 4.98 Å². The van der Waals surface area contributed by atoms with Gasteiger partial charge in [-0.1, -0.05) is 5.21 Å². The molecule has 8 nitrogen and oxygen atoms in total. The first-order valence-corrected chi connectivity index (χ1v) is 6.34. The third-order valence-electron chi connectivity index (χ3n) is 2.37. The third kappa shape index (κ3) is 3.71. The summed E-state index contributed by atoms with van der Waals surface area (Å²) in [5.74, 6) is 0.587. The van der Waals surface area contributed by atoms with E-state index in [4.69, 9.17) is 0 Å². The summed E-state index contributed by atoms with van der Waals surface area (Å²) < 4.78 is 2.31. The fourth-order valence-electron chi connectivity index (χ4n) is 1.46. The highest BCUT2D eigenvalue weighted by atomic mass is 79.9. The average Bonchev–Trinajstić information content (AvgIpc) is 2.89. The molecule has 1 N–H and O–H groups in total. The molecule has 9 heteroatoms. The zero-order chi connectivity index (χ0) is 13.7. The van der Waals surface area contributed by atoms with Gasteiger partial charge >= 0.3 is 0 Å². The van der Waals surface area contributed by atoms with Crippen LogP contribution < -0.4 is 5.32 Å². The topological polar surface area (TPSA) is 98.8 Å². The summed E-state index contributed by atoms with van der Waals surface area (Å²) >= 11 is 3.25. The van der Waals surface area contributed by atoms with Crippen LogP contribution >= 0.6 is 15.9 Å². The first-order chi connectivity index (χ1) is 9.16. The number of rotatable bonds is 6. The highest BCUT2D eigenvalue weighted by Gasteiger charge is 2.09. The van der Waals surface area contributed by atoms with E-state index in [1.807, 2.05) is 0 Å². The standard InChI is InChI=1S/C10H11BrN6O2/c11-9-6-8(17(18)19)7-13-10(9)12-2-1-4-16-5-3-14-15-16/h3,5-7H,1-2,4H2,(H,12,13). The molecule has 100 valence electrons. The van der Waals surface area contributed by atoms with Gasteiger partial charge in [-0.15, -0.1) is 5.10 Å². The van der Waals surface area contributed by atoms with Crippen LogP contribution in [0.1, 0.15) is 6.42 Å². The molecule has 0 unspecified atom stereocenters. The van der Waals surface area contributed by atoms with E-state index in [0.29, 0.717) is 16.8 Å². The molecular weight excluding hydrogens is 316 g/mol. The van der Waals surface area contributed by atoms with Gasteiger partial charge in [-0.3, -0.25) is 14.8 Å². The number of anilines is 1. The number of nitrogens with one attached hydrogen (secondary N) is 1. The van der Waals surface area contributed by atoms with Gasteiger partial charge in [0.1, 0.15) is 12.0 Å². The van der Waals surface area contributed by atoms with Crippen molar-refractivity contribution in [3.63, 3.8) is 0 Å². The second-order valence-electron chi connectivity index (χ2n) is 3.73. The van der Waals surface area contributed by atoms with E-state index < -0.39 is 4.92 Å².